The maximum Gasteiger partial charge on any atom is 0.302 e. The van der Waals surface area contributed by atoms with Crippen LogP contribution < -0.4 is 0 Å². The highest BCUT2D eigenvalue weighted by Crippen LogP contribution is 2.51. The Kier molecular flexibility index (Phi) is 8.42. The molecule has 1 N–H and O–H groups in total. The average Bonchev–Trinajstić information content (AvgIpc) is 3.10. The number of aliphatic hydroxyl groups is 1. The standard InChI is InChI=1S/C24H36O6/c1-13(2)8-7-9-14(3)18-10-22(30-17(6)27)19(12-25)24(18)23-15(4)21(11-20(23)28)29-16(5)26/h8-9,15,18-19,21-25H,7,10-12H2,1-6H3. The second-order valence-corrected chi connectivity index (χ2v) is 9.08. The van der Waals surface area contributed by atoms with Gasteiger partial charge in [0.25, 0.3) is 0 Å². The molecule has 168 valence electrons. The third-order valence-corrected chi connectivity index (χ3v) is 6.66. The Labute approximate surface area is 179 Å². The van der Waals surface area contributed by atoms with E-state index in [9.17, 15) is 19.5 Å². The van der Waals surface area contributed by atoms with E-state index in [0.717, 1.165) is 12.0 Å². The van der Waals surface area contributed by atoms with Crippen LogP contribution in [0.25, 0.3) is 0 Å². The van der Waals surface area contributed by atoms with Gasteiger partial charge in [-0.25, -0.2) is 0 Å². The highest BCUT2D eigenvalue weighted by Gasteiger charge is 2.55. The van der Waals surface area contributed by atoms with E-state index in [4.69, 9.17) is 9.47 Å². The molecule has 2 rings (SSSR count). The van der Waals surface area contributed by atoms with Gasteiger partial charge in [-0.15, -0.1) is 0 Å². The number of aliphatic hydroxyl groups excluding tert-OH is 1. The Morgan fingerprint density at radius 3 is 2.17 bits per heavy atom. The van der Waals surface area contributed by atoms with E-state index in [0.29, 0.717) is 6.42 Å². The molecular formula is C24H36O6. The maximum atomic E-state index is 13.0. The summed E-state index contributed by atoms with van der Waals surface area (Å²) >= 11 is 0. The minimum absolute atomic E-state index is 0.0181. The molecule has 0 heterocycles. The van der Waals surface area contributed by atoms with Crippen molar-refractivity contribution in [2.24, 2.45) is 29.6 Å². The van der Waals surface area contributed by atoms with Crippen LogP contribution in [-0.2, 0) is 23.9 Å². The summed E-state index contributed by atoms with van der Waals surface area (Å²) < 4.78 is 11.0. The molecule has 0 saturated heterocycles. The van der Waals surface area contributed by atoms with Crippen LogP contribution >= 0.6 is 0 Å². The molecular weight excluding hydrogens is 384 g/mol. The van der Waals surface area contributed by atoms with Gasteiger partial charge in [0.2, 0.25) is 0 Å². The number of Topliss-reactive ketones (excluding diaryl/α,β-unsaturated/α-hetero) is 1. The van der Waals surface area contributed by atoms with Crippen molar-refractivity contribution < 1.29 is 29.0 Å². The zero-order chi connectivity index (χ0) is 22.6. The summed E-state index contributed by atoms with van der Waals surface area (Å²) in [5.41, 5.74) is 2.37. The van der Waals surface area contributed by atoms with Crippen molar-refractivity contribution in [1.82, 2.24) is 0 Å². The summed E-state index contributed by atoms with van der Waals surface area (Å²) in [7, 11) is 0. The molecule has 0 amide bonds. The predicted octanol–water partition coefficient (Wildman–Crippen LogP) is 3.62. The zero-order valence-corrected chi connectivity index (χ0v) is 19.0. The summed E-state index contributed by atoms with van der Waals surface area (Å²) in [6.45, 7) is 10.7. The first-order chi connectivity index (χ1) is 14.1. The number of carbonyl (C=O) groups is 3. The number of carbonyl (C=O) groups excluding carboxylic acids is 3. The molecule has 2 aliphatic rings. The summed E-state index contributed by atoms with van der Waals surface area (Å²) in [5.74, 6) is -1.67. The van der Waals surface area contributed by atoms with Crippen molar-refractivity contribution in [3.63, 3.8) is 0 Å². The van der Waals surface area contributed by atoms with Crippen molar-refractivity contribution in [2.45, 2.75) is 73.0 Å². The molecule has 0 aliphatic heterocycles. The second kappa shape index (κ2) is 10.4. The quantitative estimate of drug-likeness (QED) is 0.500. The van der Waals surface area contributed by atoms with Crippen LogP contribution in [0.15, 0.2) is 23.3 Å². The van der Waals surface area contributed by atoms with E-state index in [1.54, 1.807) is 0 Å². The fraction of sp³-hybridized carbons (Fsp3) is 0.708. The van der Waals surface area contributed by atoms with Crippen LogP contribution in [0.1, 0.15) is 60.8 Å². The number of esters is 2. The lowest BCUT2D eigenvalue weighted by molar-refractivity contribution is -0.151. The van der Waals surface area contributed by atoms with Crippen molar-refractivity contribution in [2.75, 3.05) is 6.61 Å². The van der Waals surface area contributed by atoms with Crippen molar-refractivity contribution in [3.8, 4) is 0 Å². The first kappa shape index (κ1) is 24.3. The second-order valence-electron chi connectivity index (χ2n) is 9.08. The molecule has 0 radical (unpaired) electrons. The van der Waals surface area contributed by atoms with Crippen LogP contribution in [0.5, 0.6) is 0 Å². The SMILES string of the molecule is CC(=O)OC1CC(=O)C(C2C(C(C)=CCC=C(C)C)CC(OC(C)=O)C2CO)C1C. The largest absolute Gasteiger partial charge is 0.462 e. The fourth-order valence-corrected chi connectivity index (χ4v) is 5.33. The topological polar surface area (TPSA) is 89.9 Å². The number of allylic oxidation sites excluding steroid dienone is 4. The molecule has 0 aromatic heterocycles. The molecule has 7 atom stereocenters. The van der Waals surface area contributed by atoms with E-state index in [1.165, 1.54) is 19.4 Å². The molecule has 0 aromatic carbocycles. The Bertz CT molecular complexity index is 717. The van der Waals surface area contributed by atoms with Gasteiger partial charge in [-0.3, -0.25) is 14.4 Å². The van der Waals surface area contributed by atoms with E-state index in [-0.39, 0.29) is 54.4 Å². The summed E-state index contributed by atoms with van der Waals surface area (Å²) in [4.78, 5) is 36.2. The predicted molar refractivity (Wildman–Crippen MR) is 113 cm³/mol. The molecule has 0 aromatic rings. The Morgan fingerprint density at radius 2 is 1.63 bits per heavy atom. The van der Waals surface area contributed by atoms with Crippen LogP contribution in [0, 0.1) is 29.6 Å². The van der Waals surface area contributed by atoms with Gasteiger partial charge in [-0.05, 0) is 45.4 Å². The van der Waals surface area contributed by atoms with Crippen LogP contribution in [0.4, 0.5) is 0 Å². The monoisotopic (exact) mass is 420 g/mol. The lowest BCUT2D eigenvalue weighted by Gasteiger charge is -2.33. The van der Waals surface area contributed by atoms with Crippen LogP contribution in [0.3, 0.4) is 0 Å². The first-order valence-corrected chi connectivity index (χ1v) is 10.8. The van der Waals surface area contributed by atoms with E-state index in [2.05, 4.69) is 19.1 Å². The smallest absolute Gasteiger partial charge is 0.302 e. The van der Waals surface area contributed by atoms with Crippen molar-refractivity contribution >= 4 is 17.7 Å². The summed E-state index contributed by atoms with van der Waals surface area (Å²) in [6, 6.07) is 0. The minimum Gasteiger partial charge on any atom is -0.462 e. The highest BCUT2D eigenvalue weighted by molar-refractivity contribution is 5.85. The number of hydrogen-bond donors (Lipinski definition) is 1. The van der Waals surface area contributed by atoms with Crippen LogP contribution in [0.2, 0.25) is 0 Å². The molecule has 30 heavy (non-hydrogen) atoms. The van der Waals surface area contributed by atoms with Gasteiger partial charge in [-0.1, -0.05) is 30.2 Å². The third kappa shape index (κ3) is 5.60. The summed E-state index contributed by atoms with van der Waals surface area (Å²) in [6.07, 6.45) is 5.00. The lowest BCUT2D eigenvalue weighted by Crippen LogP contribution is -2.37. The van der Waals surface area contributed by atoms with Gasteiger partial charge in [0.05, 0.1) is 0 Å². The lowest BCUT2D eigenvalue weighted by atomic mass is 9.72. The molecule has 6 heteroatoms. The number of ketones is 1. The van der Waals surface area contributed by atoms with Crippen molar-refractivity contribution in [1.29, 1.82) is 0 Å². The van der Waals surface area contributed by atoms with E-state index >= 15 is 0 Å². The number of rotatable bonds is 7. The Morgan fingerprint density at radius 1 is 1.03 bits per heavy atom. The highest BCUT2D eigenvalue weighted by atomic mass is 16.5. The number of ether oxygens (including phenoxy) is 2. The fourth-order valence-electron chi connectivity index (χ4n) is 5.33. The average molecular weight is 421 g/mol. The van der Waals surface area contributed by atoms with E-state index in [1.807, 2.05) is 20.8 Å². The third-order valence-electron chi connectivity index (χ3n) is 6.66. The number of hydrogen-bond acceptors (Lipinski definition) is 6. The normalized spacial score (nSPS) is 34.0. The van der Waals surface area contributed by atoms with Crippen LogP contribution in [-0.4, -0.2) is 41.6 Å². The summed E-state index contributed by atoms with van der Waals surface area (Å²) in [5, 5.41) is 10.2. The molecule has 0 spiro atoms. The van der Waals surface area contributed by atoms with Gasteiger partial charge in [-0.2, -0.15) is 0 Å². The molecule has 0 bridgehead atoms. The van der Waals surface area contributed by atoms with Gasteiger partial charge in [0.15, 0.2) is 0 Å². The molecule has 2 saturated carbocycles. The Hall–Kier alpha value is -1.95. The Balaban J connectivity index is 2.38. The van der Waals surface area contributed by atoms with Gasteiger partial charge in [0.1, 0.15) is 18.0 Å². The molecule has 2 fully saturated rings. The minimum atomic E-state index is -0.442. The molecule has 7 unspecified atom stereocenters. The first-order valence-electron chi connectivity index (χ1n) is 10.8. The van der Waals surface area contributed by atoms with Gasteiger partial charge in [0, 0.05) is 44.6 Å². The van der Waals surface area contributed by atoms with Gasteiger partial charge < -0.3 is 14.6 Å². The maximum absolute atomic E-state index is 13.0. The van der Waals surface area contributed by atoms with Crippen molar-refractivity contribution in [3.05, 3.63) is 23.3 Å². The zero-order valence-electron chi connectivity index (χ0n) is 19.0. The van der Waals surface area contributed by atoms with E-state index < -0.39 is 18.2 Å². The van der Waals surface area contributed by atoms with Gasteiger partial charge >= 0.3 is 11.9 Å². The molecule has 2 aliphatic carbocycles. The molecule has 6 nitrogen and oxygen atoms in total.